The molecular weight excluding hydrogens is 324 g/mol. The summed E-state index contributed by atoms with van der Waals surface area (Å²) in [5, 5.41) is 0. The molecule has 1 aromatic carbocycles. The van der Waals surface area contributed by atoms with Crippen LogP contribution in [0.3, 0.4) is 0 Å². The normalized spacial score (nSPS) is 18.9. The minimum absolute atomic E-state index is 0.209. The van der Waals surface area contributed by atoms with E-state index in [0.29, 0.717) is 0 Å². The van der Waals surface area contributed by atoms with Crippen LogP contribution in [-0.2, 0) is 19.1 Å². The van der Waals surface area contributed by atoms with Gasteiger partial charge in [-0.3, -0.25) is 14.4 Å². The van der Waals surface area contributed by atoms with Crippen molar-refractivity contribution >= 4 is 39.5 Å². The van der Waals surface area contributed by atoms with Crippen LogP contribution in [0.2, 0.25) is 0 Å². The van der Waals surface area contributed by atoms with E-state index in [1.165, 1.54) is 13.0 Å². The molecule has 0 saturated carbocycles. The Bertz CT molecular complexity index is 626. The Kier molecular flexibility index (Phi) is 4.29. The smallest absolute Gasteiger partial charge is 0.329 e. The van der Waals surface area contributed by atoms with Crippen LogP contribution in [0, 0.1) is 5.92 Å². The van der Waals surface area contributed by atoms with Crippen molar-refractivity contribution in [1.29, 1.82) is 0 Å². The fourth-order valence-corrected chi connectivity index (χ4v) is 2.02. The molecule has 1 unspecified atom stereocenters. The molecule has 102 valence electrons. The topological polar surface area (TPSA) is 60.4 Å². The highest BCUT2D eigenvalue weighted by atomic mass is 79.9. The van der Waals surface area contributed by atoms with Gasteiger partial charge in [0.15, 0.2) is 17.5 Å². The van der Waals surface area contributed by atoms with Crippen molar-refractivity contribution in [3.8, 4) is 0 Å². The predicted octanol–water partition coefficient (Wildman–Crippen LogP) is 2.68. The molecular formula is C15H11BrO4. The van der Waals surface area contributed by atoms with Crippen molar-refractivity contribution in [1.82, 2.24) is 0 Å². The van der Waals surface area contributed by atoms with E-state index in [1.807, 2.05) is 12.1 Å². The Morgan fingerprint density at radius 1 is 1.25 bits per heavy atom. The van der Waals surface area contributed by atoms with Crippen LogP contribution in [0.5, 0.6) is 0 Å². The number of hydrogen-bond acceptors (Lipinski definition) is 4. The van der Waals surface area contributed by atoms with Crippen molar-refractivity contribution in [3.05, 3.63) is 52.2 Å². The van der Waals surface area contributed by atoms with Crippen LogP contribution in [0.15, 0.2) is 46.6 Å². The second-order valence-electron chi connectivity index (χ2n) is 4.30. The minimum atomic E-state index is -1.38. The lowest BCUT2D eigenvalue weighted by molar-refractivity contribution is -0.151. The Labute approximate surface area is 124 Å². The van der Waals surface area contributed by atoms with Gasteiger partial charge >= 0.3 is 5.97 Å². The van der Waals surface area contributed by atoms with Gasteiger partial charge in [0.25, 0.3) is 0 Å². The molecule has 0 N–H and O–H groups in total. The van der Waals surface area contributed by atoms with Gasteiger partial charge in [-0.05, 0) is 30.7 Å². The van der Waals surface area contributed by atoms with Crippen molar-refractivity contribution in [2.45, 2.75) is 6.92 Å². The van der Waals surface area contributed by atoms with Gasteiger partial charge < -0.3 is 4.74 Å². The first-order chi connectivity index (χ1) is 9.47. The molecule has 1 aliphatic heterocycles. The van der Waals surface area contributed by atoms with Crippen LogP contribution in [-0.4, -0.2) is 17.5 Å². The highest BCUT2D eigenvalue weighted by Crippen LogP contribution is 2.17. The third kappa shape index (κ3) is 3.30. The first-order valence-corrected chi connectivity index (χ1v) is 6.68. The summed E-state index contributed by atoms with van der Waals surface area (Å²) in [6.45, 7) is 1.49. The van der Waals surface area contributed by atoms with E-state index in [9.17, 15) is 14.4 Å². The first kappa shape index (κ1) is 14.4. The van der Waals surface area contributed by atoms with Gasteiger partial charge in [-0.25, -0.2) is 0 Å². The number of carbonyl (C=O) groups is 3. The Morgan fingerprint density at radius 2 is 1.90 bits per heavy atom. The minimum Gasteiger partial charge on any atom is -0.430 e. The molecule has 0 fully saturated rings. The van der Waals surface area contributed by atoms with Gasteiger partial charge in [0, 0.05) is 10.5 Å². The molecule has 20 heavy (non-hydrogen) atoms. The van der Waals surface area contributed by atoms with Crippen LogP contribution in [0.4, 0.5) is 0 Å². The number of halogens is 1. The van der Waals surface area contributed by atoms with Crippen LogP contribution >= 0.6 is 15.9 Å². The second kappa shape index (κ2) is 5.96. The highest BCUT2D eigenvalue weighted by Gasteiger charge is 2.36. The number of carbonyl (C=O) groups excluding carboxylic acids is 3. The number of rotatable bonds is 3. The largest absolute Gasteiger partial charge is 0.430 e. The van der Waals surface area contributed by atoms with Crippen LogP contribution in [0.25, 0.3) is 6.08 Å². The van der Waals surface area contributed by atoms with E-state index in [2.05, 4.69) is 15.9 Å². The molecule has 1 aromatic rings. The van der Waals surface area contributed by atoms with Gasteiger partial charge in [0.05, 0.1) is 0 Å². The first-order valence-electron chi connectivity index (χ1n) is 5.89. The number of cyclic esters (lactones) is 1. The summed E-state index contributed by atoms with van der Waals surface area (Å²) >= 11 is 3.31. The van der Waals surface area contributed by atoms with E-state index >= 15 is 0 Å². The molecule has 0 aliphatic carbocycles. The Hall–Kier alpha value is -2.01. The van der Waals surface area contributed by atoms with Crippen molar-refractivity contribution in [3.63, 3.8) is 0 Å². The third-order valence-electron chi connectivity index (χ3n) is 2.72. The summed E-state index contributed by atoms with van der Waals surface area (Å²) in [6.07, 6.45) is 3.94. The molecule has 0 bridgehead atoms. The monoisotopic (exact) mass is 334 g/mol. The summed E-state index contributed by atoms with van der Waals surface area (Å²) < 4.78 is 5.72. The number of ether oxygens (including phenoxy) is 1. The van der Waals surface area contributed by atoms with Crippen LogP contribution in [0.1, 0.15) is 12.5 Å². The maximum atomic E-state index is 11.9. The van der Waals surface area contributed by atoms with Gasteiger partial charge in [-0.15, -0.1) is 0 Å². The molecule has 1 atom stereocenters. The quantitative estimate of drug-likeness (QED) is 0.484. The van der Waals surface area contributed by atoms with Crippen molar-refractivity contribution in [2.75, 3.05) is 0 Å². The van der Waals surface area contributed by atoms with Gasteiger partial charge in [0.2, 0.25) is 0 Å². The Balaban J connectivity index is 2.14. The summed E-state index contributed by atoms with van der Waals surface area (Å²) in [4.78, 5) is 35.2. The fourth-order valence-electron chi connectivity index (χ4n) is 1.75. The zero-order valence-corrected chi connectivity index (χ0v) is 12.2. The fraction of sp³-hybridized carbons (Fsp3) is 0.133. The van der Waals surface area contributed by atoms with Crippen molar-refractivity contribution < 1.29 is 19.1 Å². The zero-order chi connectivity index (χ0) is 14.7. The number of ketones is 2. The second-order valence-corrected chi connectivity index (χ2v) is 5.21. The van der Waals surface area contributed by atoms with Gasteiger partial charge in [-0.1, -0.05) is 34.1 Å². The third-order valence-corrected chi connectivity index (χ3v) is 3.25. The summed E-state index contributed by atoms with van der Waals surface area (Å²) in [6, 6.07) is 7.27. The molecule has 2 rings (SSSR count). The molecule has 0 spiro atoms. The molecule has 0 amide bonds. The zero-order valence-electron chi connectivity index (χ0n) is 10.6. The summed E-state index contributed by atoms with van der Waals surface area (Å²) in [5.41, 5.74) is 0.796. The lowest BCUT2D eigenvalue weighted by Crippen LogP contribution is -2.34. The van der Waals surface area contributed by atoms with E-state index < -0.39 is 23.5 Å². The lowest BCUT2D eigenvalue weighted by Gasteiger charge is -2.15. The highest BCUT2D eigenvalue weighted by molar-refractivity contribution is 9.10. The van der Waals surface area contributed by atoms with E-state index in [1.54, 1.807) is 18.2 Å². The van der Waals surface area contributed by atoms with Crippen LogP contribution < -0.4 is 0 Å². The van der Waals surface area contributed by atoms with E-state index in [0.717, 1.165) is 16.1 Å². The van der Waals surface area contributed by atoms with Crippen molar-refractivity contribution in [2.24, 2.45) is 5.92 Å². The van der Waals surface area contributed by atoms with E-state index in [4.69, 9.17) is 4.74 Å². The number of allylic oxidation sites excluding steroid dienone is 3. The lowest BCUT2D eigenvalue weighted by atomic mass is 9.96. The van der Waals surface area contributed by atoms with E-state index in [-0.39, 0.29) is 5.76 Å². The predicted molar refractivity (Wildman–Crippen MR) is 76.5 cm³/mol. The standard InChI is InChI=1S/C15H11BrO4/c1-9-8-13(18)14(15(19)20-9)12(17)7-4-10-2-5-11(16)6-3-10/h2-8,14H,1H3. The molecule has 1 heterocycles. The Morgan fingerprint density at radius 3 is 2.50 bits per heavy atom. The maximum absolute atomic E-state index is 11.9. The molecule has 0 saturated heterocycles. The van der Waals surface area contributed by atoms with Gasteiger partial charge in [0.1, 0.15) is 5.76 Å². The SMILES string of the molecule is CC1=CC(=O)C(C(=O)C=Cc2ccc(Br)cc2)C(=O)O1. The molecule has 5 heteroatoms. The number of hydrogen-bond donors (Lipinski definition) is 0. The number of benzene rings is 1. The number of esters is 1. The average molecular weight is 335 g/mol. The molecule has 1 aliphatic rings. The molecule has 0 radical (unpaired) electrons. The maximum Gasteiger partial charge on any atom is 0.329 e. The average Bonchev–Trinajstić information content (AvgIpc) is 2.37. The summed E-state index contributed by atoms with van der Waals surface area (Å²) in [7, 11) is 0. The molecule has 0 aromatic heterocycles. The summed E-state index contributed by atoms with van der Waals surface area (Å²) in [5.74, 6) is -3.11. The van der Waals surface area contributed by atoms with Gasteiger partial charge in [-0.2, -0.15) is 0 Å². The molecule has 4 nitrogen and oxygen atoms in total.